The zero-order chi connectivity index (χ0) is 13.5. The van der Waals surface area contributed by atoms with E-state index in [0.717, 1.165) is 51.9 Å². The van der Waals surface area contributed by atoms with Gasteiger partial charge in [0.2, 0.25) is 11.8 Å². The third-order valence-electron chi connectivity index (χ3n) is 4.04. The van der Waals surface area contributed by atoms with Gasteiger partial charge in [-0.15, -0.1) is 12.4 Å². The van der Waals surface area contributed by atoms with Crippen LogP contribution in [0.4, 0.5) is 0 Å². The van der Waals surface area contributed by atoms with Crippen molar-refractivity contribution < 1.29 is 9.59 Å². The highest BCUT2D eigenvalue weighted by molar-refractivity contribution is 5.85. The summed E-state index contributed by atoms with van der Waals surface area (Å²) >= 11 is 0. The van der Waals surface area contributed by atoms with Crippen LogP contribution >= 0.6 is 12.4 Å². The molecular formula is C14H26ClN3O2. The van der Waals surface area contributed by atoms with E-state index in [2.05, 4.69) is 10.6 Å². The molecule has 0 radical (unpaired) electrons. The minimum atomic E-state index is -0.0128. The van der Waals surface area contributed by atoms with E-state index >= 15 is 0 Å². The molecule has 2 rings (SSSR count). The molecule has 0 aromatic rings. The SMILES string of the molecule is Cl.O=C(CN1CCCCCC1=O)NCCC1CCNC1. The molecule has 1 unspecified atom stereocenters. The maximum absolute atomic E-state index is 11.8. The van der Waals surface area contributed by atoms with Crippen LogP contribution in [0.2, 0.25) is 0 Å². The molecule has 2 fully saturated rings. The highest BCUT2D eigenvalue weighted by atomic mass is 35.5. The van der Waals surface area contributed by atoms with Gasteiger partial charge in [0.25, 0.3) is 0 Å². The Hall–Kier alpha value is -0.810. The maximum atomic E-state index is 11.8. The standard InChI is InChI=1S/C14H25N3O2.ClH/c18-13(16-8-6-12-5-7-15-10-12)11-17-9-3-1-2-4-14(17)19;/h12,15H,1-11H2,(H,16,18);1H. The van der Waals surface area contributed by atoms with Gasteiger partial charge < -0.3 is 15.5 Å². The van der Waals surface area contributed by atoms with Crippen molar-refractivity contribution in [3.63, 3.8) is 0 Å². The van der Waals surface area contributed by atoms with Crippen LogP contribution in [-0.2, 0) is 9.59 Å². The monoisotopic (exact) mass is 303 g/mol. The molecule has 2 saturated heterocycles. The summed E-state index contributed by atoms with van der Waals surface area (Å²) in [6.45, 7) is 3.87. The number of carbonyl (C=O) groups excluding carboxylic acids is 2. The summed E-state index contributed by atoms with van der Waals surface area (Å²) in [5, 5.41) is 6.26. The van der Waals surface area contributed by atoms with E-state index < -0.39 is 0 Å². The van der Waals surface area contributed by atoms with Crippen LogP contribution < -0.4 is 10.6 Å². The van der Waals surface area contributed by atoms with Crippen molar-refractivity contribution in [2.45, 2.75) is 38.5 Å². The Morgan fingerprint density at radius 2 is 2.20 bits per heavy atom. The summed E-state index contributed by atoms with van der Waals surface area (Å²) in [5.74, 6) is 0.814. The number of amides is 2. The minimum Gasteiger partial charge on any atom is -0.355 e. The number of halogens is 1. The molecule has 116 valence electrons. The van der Waals surface area contributed by atoms with E-state index in [0.29, 0.717) is 12.3 Å². The van der Waals surface area contributed by atoms with Gasteiger partial charge in [0.15, 0.2) is 0 Å². The summed E-state index contributed by atoms with van der Waals surface area (Å²) in [6, 6.07) is 0. The van der Waals surface area contributed by atoms with Crippen molar-refractivity contribution in [1.29, 1.82) is 0 Å². The van der Waals surface area contributed by atoms with Gasteiger partial charge in [0, 0.05) is 19.5 Å². The van der Waals surface area contributed by atoms with E-state index in [9.17, 15) is 9.59 Å². The van der Waals surface area contributed by atoms with Crippen molar-refractivity contribution in [3.8, 4) is 0 Å². The first-order chi connectivity index (χ1) is 9.25. The number of hydrogen-bond donors (Lipinski definition) is 2. The molecule has 0 bridgehead atoms. The molecule has 2 aliphatic heterocycles. The molecular weight excluding hydrogens is 278 g/mol. The van der Waals surface area contributed by atoms with Crippen LogP contribution in [0.1, 0.15) is 38.5 Å². The Bertz CT molecular complexity index is 320. The number of carbonyl (C=O) groups is 2. The van der Waals surface area contributed by atoms with Gasteiger partial charge in [-0.05, 0) is 44.7 Å². The van der Waals surface area contributed by atoms with E-state index in [-0.39, 0.29) is 30.8 Å². The summed E-state index contributed by atoms with van der Waals surface area (Å²) in [5.41, 5.74) is 0. The van der Waals surface area contributed by atoms with Crippen LogP contribution in [0, 0.1) is 5.92 Å². The zero-order valence-corrected chi connectivity index (χ0v) is 12.8. The Morgan fingerprint density at radius 1 is 1.35 bits per heavy atom. The van der Waals surface area contributed by atoms with Crippen molar-refractivity contribution in [2.75, 3.05) is 32.7 Å². The smallest absolute Gasteiger partial charge is 0.239 e. The number of rotatable bonds is 5. The van der Waals surface area contributed by atoms with Gasteiger partial charge in [0.1, 0.15) is 0 Å². The molecule has 2 heterocycles. The Labute approximate surface area is 127 Å². The number of hydrogen-bond acceptors (Lipinski definition) is 3. The number of nitrogens with zero attached hydrogens (tertiary/aromatic N) is 1. The van der Waals surface area contributed by atoms with Crippen molar-refractivity contribution in [3.05, 3.63) is 0 Å². The molecule has 1 atom stereocenters. The molecule has 2 amide bonds. The first kappa shape index (κ1) is 17.2. The zero-order valence-electron chi connectivity index (χ0n) is 12.0. The Kier molecular flexibility index (Phi) is 7.92. The lowest BCUT2D eigenvalue weighted by atomic mass is 10.1. The maximum Gasteiger partial charge on any atom is 0.239 e. The summed E-state index contributed by atoms with van der Waals surface area (Å²) in [6.07, 6.45) is 5.92. The summed E-state index contributed by atoms with van der Waals surface area (Å²) in [7, 11) is 0. The van der Waals surface area contributed by atoms with Gasteiger partial charge in [-0.25, -0.2) is 0 Å². The topological polar surface area (TPSA) is 61.4 Å². The highest BCUT2D eigenvalue weighted by Crippen LogP contribution is 2.12. The molecule has 2 N–H and O–H groups in total. The Balaban J connectivity index is 0.00000200. The van der Waals surface area contributed by atoms with Crippen LogP contribution in [0.3, 0.4) is 0 Å². The molecule has 2 aliphatic rings. The molecule has 6 heteroatoms. The van der Waals surface area contributed by atoms with Crippen LogP contribution in [0.25, 0.3) is 0 Å². The lowest BCUT2D eigenvalue weighted by Crippen LogP contribution is -2.41. The minimum absolute atomic E-state index is 0. The molecule has 0 aromatic heterocycles. The second kappa shape index (κ2) is 9.19. The fraction of sp³-hybridized carbons (Fsp3) is 0.857. The predicted molar refractivity (Wildman–Crippen MR) is 80.9 cm³/mol. The van der Waals surface area contributed by atoms with Crippen LogP contribution in [0.5, 0.6) is 0 Å². The normalized spacial score (nSPS) is 23.1. The van der Waals surface area contributed by atoms with Crippen LogP contribution in [0.15, 0.2) is 0 Å². The first-order valence-corrected chi connectivity index (χ1v) is 7.51. The van der Waals surface area contributed by atoms with E-state index in [1.807, 2.05) is 0 Å². The third kappa shape index (κ3) is 5.67. The second-order valence-corrected chi connectivity index (χ2v) is 5.62. The van der Waals surface area contributed by atoms with Gasteiger partial charge in [-0.2, -0.15) is 0 Å². The first-order valence-electron chi connectivity index (χ1n) is 7.51. The molecule has 0 aromatic carbocycles. The summed E-state index contributed by atoms with van der Waals surface area (Å²) in [4.78, 5) is 25.3. The summed E-state index contributed by atoms with van der Waals surface area (Å²) < 4.78 is 0. The van der Waals surface area contributed by atoms with Gasteiger partial charge in [-0.3, -0.25) is 9.59 Å². The molecule has 0 aliphatic carbocycles. The average molecular weight is 304 g/mol. The molecule has 0 spiro atoms. The van der Waals surface area contributed by atoms with Crippen molar-refractivity contribution >= 4 is 24.2 Å². The average Bonchev–Trinajstić information content (AvgIpc) is 2.82. The highest BCUT2D eigenvalue weighted by Gasteiger charge is 2.19. The van der Waals surface area contributed by atoms with E-state index in [1.165, 1.54) is 6.42 Å². The van der Waals surface area contributed by atoms with Gasteiger partial charge in [0.05, 0.1) is 6.54 Å². The molecule has 5 nitrogen and oxygen atoms in total. The quantitative estimate of drug-likeness (QED) is 0.794. The van der Waals surface area contributed by atoms with Gasteiger partial charge in [-0.1, -0.05) is 6.42 Å². The van der Waals surface area contributed by atoms with Crippen molar-refractivity contribution in [1.82, 2.24) is 15.5 Å². The number of likely N-dealkylation sites (tertiary alicyclic amines) is 1. The lowest BCUT2D eigenvalue weighted by Gasteiger charge is -2.20. The fourth-order valence-corrected chi connectivity index (χ4v) is 2.81. The van der Waals surface area contributed by atoms with Crippen LogP contribution in [-0.4, -0.2) is 49.4 Å². The fourth-order valence-electron chi connectivity index (χ4n) is 2.81. The van der Waals surface area contributed by atoms with E-state index in [4.69, 9.17) is 0 Å². The van der Waals surface area contributed by atoms with Gasteiger partial charge >= 0.3 is 0 Å². The molecule has 0 saturated carbocycles. The molecule has 20 heavy (non-hydrogen) atoms. The largest absolute Gasteiger partial charge is 0.355 e. The van der Waals surface area contributed by atoms with Crippen molar-refractivity contribution in [2.24, 2.45) is 5.92 Å². The number of nitrogens with one attached hydrogen (secondary N) is 2. The third-order valence-corrected chi connectivity index (χ3v) is 4.04. The predicted octanol–water partition coefficient (Wildman–Crippen LogP) is 0.927. The van der Waals surface area contributed by atoms with E-state index in [1.54, 1.807) is 4.90 Å². The second-order valence-electron chi connectivity index (χ2n) is 5.62. The lowest BCUT2D eigenvalue weighted by molar-refractivity contribution is -0.135. The Morgan fingerprint density at radius 3 is 2.95 bits per heavy atom.